The minimum atomic E-state index is 0.123. The van der Waals surface area contributed by atoms with Gasteiger partial charge in [0, 0.05) is 37.9 Å². The highest BCUT2D eigenvalue weighted by atomic mass is 16.1. The quantitative estimate of drug-likeness (QED) is 0.146. The van der Waals surface area contributed by atoms with E-state index in [1.54, 1.807) is 0 Å². The highest BCUT2D eigenvalue weighted by molar-refractivity contribution is 5.78. The van der Waals surface area contributed by atoms with Gasteiger partial charge < -0.3 is 10.6 Å². The van der Waals surface area contributed by atoms with Crippen LogP contribution < -0.4 is 10.6 Å². The number of carbonyl (C=O) groups excluding carboxylic acids is 1. The molecule has 31 heavy (non-hydrogen) atoms. The molecule has 0 aliphatic rings. The smallest absolute Gasteiger partial charge is 0.222 e. The van der Waals surface area contributed by atoms with Crippen LogP contribution in [0.2, 0.25) is 0 Å². The van der Waals surface area contributed by atoms with Gasteiger partial charge in [-0.2, -0.15) is 0 Å². The molecule has 3 heteroatoms. The van der Waals surface area contributed by atoms with E-state index in [1.807, 2.05) is 6.92 Å². The van der Waals surface area contributed by atoms with Crippen LogP contribution >= 0.6 is 0 Å². The normalized spacial score (nSPS) is 11.9. The molecular weight excluding hydrogens is 380 g/mol. The fraction of sp³-hybridized carbons (Fsp3) is 0.893. The number of unbranched alkanes of at least 4 members (excludes halogenated alkanes) is 9. The zero-order chi connectivity index (χ0) is 23.0. The lowest BCUT2D eigenvalue weighted by molar-refractivity contribution is -0.124. The van der Waals surface area contributed by atoms with Crippen molar-refractivity contribution in [1.82, 2.24) is 10.6 Å². The Balaban J connectivity index is 3.97. The van der Waals surface area contributed by atoms with Crippen molar-refractivity contribution < 1.29 is 4.79 Å². The third-order valence-corrected chi connectivity index (χ3v) is 6.11. The predicted octanol–water partition coefficient (Wildman–Crippen LogP) is 7.39. The van der Waals surface area contributed by atoms with Crippen molar-refractivity contribution >= 4 is 5.91 Å². The summed E-state index contributed by atoms with van der Waals surface area (Å²) in [4.78, 5) is 12.0. The van der Waals surface area contributed by atoms with E-state index < -0.39 is 0 Å². The molecule has 0 heterocycles. The standard InChI is InChI=1S/C28H54N2O/c1-5-8-11-13-17-22-27(23-18-14-12-9-6-2)29-24-19-15-16-20-25-30-28(31)26(4)21-10-7-3/h26-27,29H,5-14,17-25H2,1-4H3,(H,30,31). The van der Waals surface area contributed by atoms with Crippen LogP contribution in [0.15, 0.2) is 0 Å². The number of rotatable bonds is 21. The molecule has 0 aromatic heterocycles. The average Bonchev–Trinajstić information content (AvgIpc) is 2.77. The molecule has 2 N–H and O–H groups in total. The van der Waals surface area contributed by atoms with Crippen molar-refractivity contribution in [3.8, 4) is 11.8 Å². The molecule has 0 rings (SSSR count). The second-order valence-electron chi connectivity index (χ2n) is 9.24. The molecule has 0 spiro atoms. The summed E-state index contributed by atoms with van der Waals surface area (Å²) in [6.45, 7) is 10.4. The van der Waals surface area contributed by atoms with E-state index in [1.165, 1.54) is 77.0 Å². The number of amides is 1. The third kappa shape index (κ3) is 20.6. The van der Waals surface area contributed by atoms with E-state index in [0.717, 1.165) is 38.6 Å². The van der Waals surface area contributed by atoms with Crippen LogP contribution in [-0.4, -0.2) is 25.0 Å². The van der Waals surface area contributed by atoms with Crippen LogP contribution in [0.1, 0.15) is 137 Å². The molecule has 1 amide bonds. The predicted molar refractivity (Wildman–Crippen MR) is 137 cm³/mol. The van der Waals surface area contributed by atoms with Crippen LogP contribution in [0.3, 0.4) is 0 Å². The number of carbonyl (C=O) groups is 1. The zero-order valence-electron chi connectivity index (χ0n) is 21.5. The summed E-state index contributed by atoms with van der Waals surface area (Å²) < 4.78 is 0. The van der Waals surface area contributed by atoms with Crippen molar-refractivity contribution in [3.63, 3.8) is 0 Å². The average molecular weight is 435 g/mol. The molecule has 0 radical (unpaired) electrons. The van der Waals surface area contributed by atoms with Crippen molar-refractivity contribution in [3.05, 3.63) is 0 Å². The summed E-state index contributed by atoms with van der Waals surface area (Å²) in [5.41, 5.74) is 0. The minimum absolute atomic E-state index is 0.123. The van der Waals surface area contributed by atoms with Gasteiger partial charge in [-0.15, -0.1) is 11.8 Å². The van der Waals surface area contributed by atoms with Gasteiger partial charge in [0.15, 0.2) is 0 Å². The fourth-order valence-corrected chi connectivity index (χ4v) is 3.92. The highest BCUT2D eigenvalue weighted by Gasteiger charge is 2.10. The van der Waals surface area contributed by atoms with Gasteiger partial charge in [0.1, 0.15) is 0 Å². The number of hydrogen-bond donors (Lipinski definition) is 2. The Labute approximate surface area is 195 Å². The maximum Gasteiger partial charge on any atom is 0.222 e. The molecule has 1 atom stereocenters. The van der Waals surface area contributed by atoms with Gasteiger partial charge in [-0.25, -0.2) is 0 Å². The SMILES string of the molecule is CCCCCCCC(CCCCCCC)NCCC#CCCNC(=O)C(C)CCCC. The van der Waals surface area contributed by atoms with Crippen LogP contribution in [0.4, 0.5) is 0 Å². The van der Waals surface area contributed by atoms with Gasteiger partial charge in [-0.1, -0.05) is 105 Å². The molecule has 0 saturated carbocycles. The van der Waals surface area contributed by atoms with Crippen LogP contribution in [0, 0.1) is 17.8 Å². The molecule has 0 saturated heterocycles. The first-order valence-electron chi connectivity index (χ1n) is 13.6. The van der Waals surface area contributed by atoms with Gasteiger partial charge >= 0.3 is 0 Å². The van der Waals surface area contributed by atoms with E-state index >= 15 is 0 Å². The van der Waals surface area contributed by atoms with Gasteiger partial charge in [0.05, 0.1) is 0 Å². The van der Waals surface area contributed by atoms with Gasteiger partial charge in [0.2, 0.25) is 5.91 Å². The number of nitrogens with one attached hydrogen (secondary N) is 2. The Bertz CT molecular complexity index is 438. The monoisotopic (exact) mass is 434 g/mol. The fourth-order valence-electron chi connectivity index (χ4n) is 3.92. The molecule has 0 fully saturated rings. The summed E-state index contributed by atoms with van der Waals surface area (Å²) in [6, 6.07) is 0.661. The molecule has 182 valence electrons. The van der Waals surface area contributed by atoms with E-state index in [0.29, 0.717) is 12.6 Å². The second-order valence-corrected chi connectivity index (χ2v) is 9.24. The third-order valence-electron chi connectivity index (χ3n) is 6.11. The van der Waals surface area contributed by atoms with E-state index in [-0.39, 0.29) is 11.8 Å². The summed E-state index contributed by atoms with van der Waals surface area (Å²) >= 11 is 0. The van der Waals surface area contributed by atoms with Gasteiger partial charge in [0.25, 0.3) is 0 Å². The molecule has 0 aliphatic carbocycles. The molecule has 0 aromatic rings. The highest BCUT2D eigenvalue weighted by Crippen LogP contribution is 2.13. The lowest BCUT2D eigenvalue weighted by Gasteiger charge is -2.18. The Morgan fingerprint density at radius 3 is 1.74 bits per heavy atom. The Morgan fingerprint density at radius 2 is 1.19 bits per heavy atom. The van der Waals surface area contributed by atoms with Crippen LogP contribution in [0.25, 0.3) is 0 Å². The summed E-state index contributed by atoms with van der Waals surface area (Å²) in [5, 5.41) is 6.79. The van der Waals surface area contributed by atoms with Crippen molar-refractivity contribution in [2.75, 3.05) is 13.1 Å². The molecule has 0 bridgehead atoms. The van der Waals surface area contributed by atoms with Gasteiger partial charge in [-0.3, -0.25) is 4.79 Å². The maximum absolute atomic E-state index is 12.0. The van der Waals surface area contributed by atoms with Crippen molar-refractivity contribution in [1.29, 1.82) is 0 Å². The Kier molecular flexibility index (Phi) is 22.9. The first-order valence-corrected chi connectivity index (χ1v) is 13.6. The van der Waals surface area contributed by atoms with Gasteiger partial charge in [-0.05, 0) is 19.3 Å². The van der Waals surface area contributed by atoms with Crippen molar-refractivity contribution in [2.24, 2.45) is 5.92 Å². The first-order chi connectivity index (χ1) is 15.2. The zero-order valence-corrected chi connectivity index (χ0v) is 21.5. The molecular formula is C28H54N2O. The topological polar surface area (TPSA) is 41.1 Å². The molecule has 0 aliphatic heterocycles. The van der Waals surface area contributed by atoms with E-state index in [2.05, 4.69) is 43.2 Å². The van der Waals surface area contributed by atoms with Crippen molar-refractivity contribution in [2.45, 2.75) is 143 Å². The maximum atomic E-state index is 12.0. The largest absolute Gasteiger partial charge is 0.355 e. The molecule has 0 aromatic carbocycles. The Hall–Kier alpha value is -1.01. The molecule has 1 unspecified atom stereocenters. The van der Waals surface area contributed by atoms with Crippen LogP contribution in [-0.2, 0) is 4.79 Å². The summed E-state index contributed by atoms with van der Waals surface area (Å²) in [5.74, 6) is 6.81. The van der Waals surface area contributed by atoms with E-state index in [4.69, 9.17) is 0 Å². The second kappa shape index (κ2) is 23.6. The lowest BCUT2D eigenvalue weighted by Crippen LogP contribution is -2.30. The molecule has 3 nitrogen and oxygen atoms in total. The summed E-state index contributed by atoms with van der Waals surface area (Å²) in [7, 11) is 0. The first kappa shape index (κ1) is 30.0. The Morgan fingerprint density at radius 1 is 0.677 bits per heavy atom. The summed E-state index contributed by atoms with van der Waals surface area (Å²) in [6.07, 6.45) is 21.2. The minimum Gasteiger partial charge on any atom is -0.355 e. The van der Waals surface area contributed by atoms with Crippen LogP contribution in [0.5, 0.6) is 0 Å². The lowest BCUT2D eigenvalue weighted by atomic mass is 10.0. The number of hydrogen-bond acceptors (Lipinski definition) is 2. The van der Waals surface area contributed by atoms with E-state index in [9.17, 15) is 4.79 Å².